The van der Waals surface area contributed by atoms with Crippen molar-refractivity contribution in [1.29, 1.82) is 0 Å². The van der Waals surface area contributed by atoms with Crippen molar-refractivity contribution in [2.24, 2.45) is 0 Å². The van der Waals surface area contributed by atoms with Crippen LogP contribution in [0.2, 0.25) is 0 Å². The van der Waals surface area contributed by atoms with Crippen LogP contribution in [0.1, 0.15) is 5.56 Å². The van der Waals surface area contributed by atoms with Gasteiger partial charge in [0.1, 0.15) is 5.70 Å². The second-order valence-corrected chi connectivity index (χ2v) is 3.95. The molecule has 2 rings (SSSR count). The van der Waals surface area contributed by atoms with Gasteiger partial charge in [-0.05, 0) is 23.8 Å². The van der Waals surface area contributed by atoms with Gasteiger partial charge in [-0.2, -0.15) is 0 Å². The first-order chi connectivity index (χ1) is 8.06. The Morgan fingerprint density at radius 1 is 1.06 bits per heavy atom. The average Bonchev–Trinajstić information content (AvgIpc) is 2.58. The molecule has 3 amide bonds. The molecular weight excluding hydrogens is 218 g/mol. The summed E-state index contributed by atoms with van der Waals surface area (Å²) in [6.07, 6.45) is 1.64. The van der Waals surface area contributed by atoms with Gasteiger partial charge in [-0.25, -0.2) is 4.79 Å². The van der Waals surface area contributed by atoms with E-state index in [1.165, 1.54) is 0 Å². The second kappa shape index (κ2) is 4.29. The van der Waals surface area contributed by atoms with Gasteiger partial charge in [-0.1, -0.05) is 12.1 Å². The lowest BCUT2D eigenvalue weighted by Gasteiger charge is -2.11. The van der Waals surface area contributed by atoms with Crippen molar-refractivity contribution in [1.82, 2.24) is 10.6 Å². The molecule has 0 aliphatic carbocycles. The summed E-state index contributed by atoms with van der Waals surface area (Å²) in [5.41, 5.74) is 2.21. The zero-order valence-corrected chi connectivity index (χ0v) is 9.65. The lowest BCUT2D eigenvalue weighted by molar-refractivity contribution is -0.115. The smallest absolute Gasteiger partial charge is 0.326 e. The molecule has 1 aromatic carbocycles. The fraction of sp³-hybridized carbons (Fsp3) is 0.167. The molecule has 1 aliphatic heterocycles. The molecule has 0 aromatic heterocycles. The summed E-state index contributed by atoms with van der Waals surface area (Å²) in [5, 5.41) is 4.59. The Morgan fingerprint density at radius 2 is 1.71 bits per heavy atom. The number of amides is 3. The number of hydrogen-bond donors (Lipinski definition) is 2. The number of urea groups is 1. The van der Waals surface area contributed by atoms with E-state index in [0.717, 1.165) is 11.3 Å². The highest BCUT2D eigenvalue weighted by molar-refractivity contribution is 6.13. The maximum atomic E-state index is 11.3. The number of nitrogens with zero attached hydrogens (tertiary/aromatic N) is 1. The van der Waals surface area contributed by atoms with Crippen molar-refractivity contribution in [2.45, 2.75) is 0 Å². The second-order valence-electron chi connectivity index (χ2n) is 3.95. The van der Waals surface area contributed by atoms with Gasteiger partial charge in [0, 0.05) is 19.8 Å². The van der Waals surface area contributed by atoms with Crippen LogP contribution < -0.4 is 15.5 Å². The number of carbonyl (C=O) groups is 2. The highest BCUT2D eigenvalue weighted by Gasteiger charge is 2.22. The van der Waals surface area contributed by atoms with E-state index in [1.807, 2.05) is 43.3 Å². The lowest BCUT2D eigenvalue weighted by atomic mass is 10.1. The van der Waals surface area contributed by atoms with Crippen molar-refractivity contribution in [3.05, 3.63) is 35.5 Å². The van der Waals surface area contributed by atoms with Gasteiger partial charge in [0.15, 0.2) is 0 Å². The van der Waals surface area contributed by atoms with Crippen LogP contribution in [-0.2, 0) is 4.79 Å². The maximum absolute atomic E-state index is 11.3. The molecule has 2 N–H and O–H groups in total. The van der Waals surface area contributed by atoms with Crippen LogP contribution in [-0.4, -0.2) is 26.0 Å². The Kier molecular flexibility index (Phi) is 2.82. The van der Waals surface area contributed by atoms with Crippen molar-refractivity contribution in [3.8, 4) is 0 Å². The average molecular weight is 231 g/mol. The predicted octanol–water partition coefficient (Wildman–Crippen LogP) is 0.933. The van der Waals surface area contributed by atoms with Crippen LogP contribution in [0.5, 0.6) is 0 Å². The molecule has 5 nitrogen and oxygen atoms in total. The van der Waals surface area contributed by atoms with Gasteiger partial charge >= 0.3 is 6.03 Å². The summed E-state index contributed by atoms with van der Waals surface area (Å²) >= 11 is 0. The number of hydrogen-bond acceptors (Lipinski definition) is 3. The van der Waals surface area contributed by atoms with Crippen LogP contribution in [0, 0.1) is 0 Å². The third-order valence-corrected chi connectivity index (χ3v) is 2.44. The molecule has 0 atom stereocenters. The van der Waals surface area contributed by atoms with Crippen molar-refractivity contribution >= 4 is 23.7 Å². The fourth-order valence-electron chi connectivity index (χ4n) is 1.52. The zero-order chi connectivity index (χ0) is 12.4. The van der Waals surface area contributed by atoms with Gasteiger partial charge < -0.3 is 10.2 Å². The van der Waals surface area contributed by atoms with Gasteiger partial charge in [-0.15, -0.1) is 0 Å². The fourth-order valence-corrected chi connectivity index (χ4v) is 1.52. The van der Waals surface area contributed by atoms with Crippen LogP contribution in [0.4, 0.5) is 10.5 Å². The molecule has 0 radical (unpaired) electrons. The van der Waals surface area contributed by atoms with E-state index in [-0.39, 0.29) is 5.70 Å². The maximum Gasteiger partial charge on any atom is 0.326 e. The predicted molar refractivity (Wildman–Crippen MR) is 65.4 cm³/mol. The third kappa shape index (κ3) is 2.44. The van der Waals surface area contributed by atoms with Crippen molar-refractivity contribution in [3.63, 3.8) is 0 Å². The van der Waals surface area contributed by atoms with Crippen molar-refractivity contribution < 1.29 is 9.59 Å². The first kappa shape index (κ1) is 11.2. The Balaban J connectivity index is 2.21. The molecule has 17 heavy (non-hydrogen) atoms. The molecule has 5 heteroatoms. The quantitative estimate of drug-likeness (QED) is 0.588. The van der Waals surface area contributed by atoms with E-state index in [0.29, 0.717) is 0 Å². The standard InChI is InChI=1S/C12H13N3O2/c1-15(2)9-5-3-8(4-6-9)7-10-11(16)14-12(17)13-10/h3-7H,1-2H3,(H2,13,14,16,17)/b10-7-. The lowest BCUT2D eigenvalue weighted by Crippen LogP contribution is -2.22. The highest BCUT2D eigenvalue weighted by Crippen LogP contribution is 2.14. The Morgan fingerprint density at radius 3 is 2.18 bits per heavy atom. The third-order valence-electron chi connectivity index (χ3n) is 2.44. The van der Waals surface area contributed by atoms with Crippen LogP contribution in [0.25, 0.3) is 6.08 Å². The molecular formula is C12H13N3O2. The molecule has 88 valence electrons. The van der Waals surface area contributed by atoms with E-state index >= 15 is 0 Å². The first-order valence-corrected chi connectivity index (χ1v) is 5.17. The molecule has 1 heterocycles. The van der Waals surface area contributed by atoms with E-state index in [1.54, 1.807) is 6.08 Å². The normalized spacial score (nSPS) is 16.9. The van der Waals surface area contributed by atoms with E-state index in [4.69, 9.17) is 0 Å². The zero-order valence-electron chi connectivity index (χ0n) is 9.65. The monoisotopic (exact) mass is 231 g/mol. The molecule has 0 saturated carbocycles. The summed E-state index contributed by atoms with van der Waals surface area (Å²) < 4.78 is 0. The number of benzene rings is 1. The Labute approximate surface area is 99.1 Å². The van der Waals surface area contributed by atoms with Gasteiger partial charge in [0.2, 0.25) is 0 Å². The summed E-state index contributed by atoms with van der Waals surface area (Å²) in [4.78, 5) is 24.2. The highest BCUT2D eigenvalue weighted by atomic mass is 16.2. The van der Waals surface area contributed by atoms with Gasteiger partial charge in [0.05, 0.1) is 0 Å². The molecule has 0 bridgehead atoms. The number of imide groups is 1. The summed E-state index contributed by atoms with van der Waals surface area (Å²) in [6, 6.07) is 7.19. The Hall–Kier alpha value is -2.30. The molecule has 1 saturated heterocycles. The van der Waals surface area contributed by atoms with Gasteiger partial charge in [0.25, 0.3) is 5.91 Å². The minimum atomic E-state index is -0.480. The number of rotatable bonds is 2. The SMILES string of the molecule is CN(C)c1ccc(/C=C2\NC(=O)NC2=O)cc1. The van der Waals surface area contributed by atoms with Gasteiger partial charge in [-0.3, -0.25) is 10.1 Å². The van der Waals surface area contributed by atoms with E-state index in [2.05, 4.69) is 10.6 Å². The van der Waals surface area contributed by atoms with Crippen LogP contribution in [0.3, 0.4) is 0 Å². The molecule has 0 spiro atoms. The summed E-state index contributed by atoms with van der Waals surface area (Å²) in [7, 11) is 3.91. The van der Waals surface area contributed by atoms with E-state index in [9.17, 15) is 9.59 Å². The Bertz CT molecular complexity index is 489. The number of carbonyl (C=O) groups excluding carboxylic acids is 2. The number of anilines is 1. The topological polar surface area (TPSA) is 61.4 Å². The molecule has 0 unspecified atom stereocenters. The summed E-state index contributed by atoms with van der Waals surface area (Å²) in [6.45, 7) is 0. The van der Waals surface area contributed by atoms with Crippen LogP contribution >= 0.6 is 0 Å². The minimum absolute atomic E-state index is 0.271. The van der Waals surface area contributed by atoms with E-state index < -0.39 is 11.9 Å². The van der Waals surface area contributed by atoms with Crippen LogP contribution in [0.15, 0.2) is 30.0 Å². The molecule has 1 aliphatic rings. The molecule has 1 aromatic rings. The largest absolute Gasteiger partial charge is 0.378 e. The number of nitrogens with one attached hydrogen (secondary N) is 2. The minimum Gasteiger partial charge on any atom is -0.378 e. The first-order valence-electron chi connectivity index (χ1n) is 5.17. The molecule has 1 fully saturated rings. The summed E-state index contributed by atoms with van der Waals surface area (Å²) in [5.74, 6) is -0.397. The van der Waals surface area contributed by atoms with Crippen molar-refractivity contribution in [2.75, 3.05) is 19.0 Å².